The number of para-hydroxylation sites is 4. The molecule has 0 saturated carbocycles. The molecule has 0 aliphatic carbocycles. The Bertz CT molecular complexity index is 3030. The molecule has 0 N–H and O–H groups in total. The van der Waals surface area contributed by atoms with Gasteiger partial charge < -0.3 is 18.9 Å². The summed E-state index contributed by atoms with van der Waals surface area (Å²) in [7, 11) is 4.49. The van der Waals surface area contributed by atoms with Gasteiger partial charge >= 0.3 is 0 Å². The van der Waals surface area contributed by atoms with Gasteiger partial charge in [0, 0.05) is 47.0 Å². The highest BCUT2D eigenvalue weighted by Crippen LogP contribution is 2.49. The lowest BCUT2D eigenvalue weighted by Crippen LogP contribution is -2.11. The van der Waals surface area contributed by atoms with Crippen LogP contribution in [-0.4, -0.2) is 9.13 Å². The lowest BCUT2D eigenvalue weighted by molar-refractivity contribution is 0.986. The van der Waals surface area contributed by atoms with E-state index in [1.165, 1.54) is 99.4 Å². The van der Waals surface area contributed by atoms with Crippen LogP contribution in [0.1, 0.15) is 22.3 Å². The molecular formula is C52H36N4. The van der Waals surface area contributed by atoms with Gasteiger partial charge in [-0.3, -0.25) is 0 Å². The summed E-state index contributed by atoms with van der Waals surface area (Å²) in [4.78, 5) is 4.84. The molecule has 0 amide bonds. The third-order valence-electron chi connectivity index (χ3n) is 12.2. The molecule has 10 aromatic rings. The van der Waals surface area contributed by atoms with Crippen molar-refractivity contribution in [2.75, 3.05) is 9.80 Å². The van der Waals surface area contributed by atoms with Crippen LogP contribution in [0.25, 0.3) is 78.7 Å². The number of fused-ring (bicyclic) bond motifs is 14. The molecule has 0 radical (unpaired) electrons. The Labute approximate surface area is 324 Å². The van der Waals surface area contributed by atoms with Gasteiger partial charge in [0.15, 0.2) is 0 Å². The summed E-state index contributed by atoms with van der Waals surface area (Å²) < 4.78 is 4.87. The fourth-order valence-electron chi connectivity index (χ4n) is 9.65. The van der Waals surface area contributed by atoms with Crippen LogP contribution in [0.2, 0.25) is 0 Å². The number of hydrogen-bond donors (Lipinski definition) is 0. The zero-order chi connectivity index (χ0) is 37.1. The lowest BCUT2D eigenvalue weighted by atomic mass is 9.98. The number of hydrogen-bond acceptors (Lipinski definition) is 2. The summed E-state index contributed by atoms with van der Waals surface area (Å²) in [6, 6.07) is 57.8. The lowest BCUT2D eigenvalue weighted by Gasteiger charge is -2.27. The monoisotopic (exact) mass is 716 g/mol. The Balaban J connectivity index is 1.13. The second-order valence-electron chi connectivity index (χ2n) is 15.1. The molecule has 8 aromatic carbocycles. The fraction of sp³-hybridized carbons (Fsp3) is 0.0385. The molecular weight excluding hydrogens is 681 g/mol. The standard InChI is InChI=1S/C52H36N4/c1-53-47-31-37(55-43-19-9-3-13-33(43)23-24-34-14-4-10-20-44(34)55)27-29-41(47)49-39-17-7-8-18-40(39)50-42-30-28-38(32-48(42)54(2)52(50)51(49)53)56-45-21-11-5-15-35(45)25-26-36-16-6-12-22-46(36)56/h3-32H,1-2H3. The van der Waals surface area contributed by atoms with Crippen LogP contribution in [0.4, 0.5) is 34.1 Å². The van der Waals surface area contributed by atoms with Crippen LogP contribution >= 0.6 is 0 Å². The minimum Gasteiger partial charge on any atom is -0.342 e. The van der Waals surface area contributed by atoms with E-state index in [2.05, 4.69) is 215 Å². The molecule has 0 fully saturated rings. The molecule has 0 atom stereocenters. The predicted molar refractivity (Wildman–Crippen MR) is 239 cm³/mol. The first kappa shape index (κ1) is 31.1. The molecule has 264 valence electrons. The maximum atomic E-state index is 2.43. The summed E-state index contributed by atoms with van der Waals surface area (Å²) in [5.74, 6) is 0. The molecule has 0 bridgehead atoms. The minimum absolute atomic E-state index is 1.14. The molecule has 0 unspecified atom stereocenters. The summed E-state index contributed by atoms with van der Waals surface area (Å²) in [6.45, 7) is 0. The van der Waals surface area contributed by atoms with Crippen LogP contribution in [0.3, 0.4) is 0 Å². The van der Waals surface area contributed by atoms with Crippen molar-refractivity contribution in [2.24, 2.45) is 14.1 Å². The van der Waals surface area contributed by atoms with E-state index in [1.807, 2.05) is 0 Å². The summed E-state index contributed by atoms with van der Waals surface area (Å²) in [5.41, 5.74) is 16.7. The van der Waals surface area contributed by atoms with E-state index in [0.717, 1.165) is 11.4 Å². The SMILES string of the molecule is Cn1c2cc(N3c4ccccc4C=Cc4ccccc43)ccc2c2c3ccccc3c3c4ccc(N5c6ccccc6C=Cc6ccccc65)cc4n(C)c3c21. The number of nitrogens with zero attached hydrogens (tertiary/aromatic N) is 4. The molecule has 4 heteroatoms. The highest BCUT2D eigenvalue weighted by molar-refractivity contribution is 6.36. The van der Waals surface area contributed by atoms with Gasteiger partial charge in [0.25, 0.3) is 0 Å². The van der Waals surface area contributed by atoms with Crippen LogP contribution in [0.5, 0.6) is 0 Å². The van der Waals surface area contributed by atoms with E-state index in [9.17, 15) is 0 Å². The molecule has 12 rings (SSSR count). The van der Waals surface area contributed by atoms with E-state index in [1.54, 1.807) is 0 Å². The Hall–Kier alpha value is -7.30. The summed E-state index contributed by atoms with van der Waals surface area (Å²) >= 11 is 0. The molecule has 4 nitrogen and oxygen atoms in total. The van der Waals surface area contributed by atoms with Crippen molar-refractivity contribution in [1.82, 2.24) is 9.13 Å². The molecule has 2 aromatic heterocycles. The Morgan fingerprint density at radius 1 is 0.321 bits per heavy atom. The van der Waals surface area contributed by atoms with Crippen LogP contribution in [-0.2, 0) is 14.1 Å². The Morgan fingerprint density at radius 2 is 0.643 bits per heavy atom. The van der Waals surface area contributed by atoms with E-state index in [-0.39, 0.29) is 0 Å². The second kappa shape index (κ2) is 11.6. The number of benzene rings is 8. The fourth-order valence-corrected chi connectivity index (χ4v) is 9.65. The van der Waals surface area contributed by atoms with E-state index >= 15 is 0 Å². The highest BCUT2D eigenvalue weighted by Gasteiger charge is 2.26. The average Bonchev–Trinajstić information content (AvgIpc) is 3.54. The first-order valence-electron chi connectivity index (χ1n) is 19.3. The Kier molecular flexibility index (Phi) is 6.44. The molecule has 2 aliphatic heterocycles. The minimum atomic E-state index is 1.14. The topological polar surface area (TPSA) is 16.3 Å². The van der Waals surface area contributed by atoms with Crippen molar-refractivity contribution >= 4 is 113 Å². The third kappa shape index (κ3) is 4.24. The van der Waals surface area contributed by atoms with Gasteiger partial charge in [-0.15, -0.1) is 0 Å². The summed E-state index contributed by atoms with van der Waals surface area (Å²) in [5, 5.41) is 7.67. The third-order valence-corrected chi connectivity index (χ3v) is 12.2. The average molecular weight is 717 g/mol. The Morgan fingerprint density at radius 3 is 1.00 bits per heavy atom. The smallest absolute Gasteiger partial charge is 0.0742 e. The van der Waals surface area contributed by atoms with E-state index < -0.39 is 0 Å². The molecule has 2 aliphatic rings. The van der Waals surface area contributed by atoms with Crippen molar-refractivity contribution in [1.29, 1.82) is 0 Å². The van der Waals surface area contributed by atoms with Gasteiger partial charge in [-0.1, -0.05) is 133 Å². The van der Waals surface area contributed by atoms with Crippen LogP contribution in [0.15, 0.2) is 158 Å². The maximum Gasteiger partial charge on any atom is 0.0742 e. The molecule has 0 saturated heterocycles. The number of aryl methyl sites for hydroxylation is 2. The molecule has 0 spiro atoms. The van der Waals surface area contributed by atoms with Crippen LogP contribution < -0.4 is 9.80 Å². The van der Waals surface area contributed by atoms with Gasteiger partial charge in [0.05, 0.1) is 44.8 Å². The van der Waals surface area contributed by atoms with Gasteiger partial charge in [0.1, 0.15) is 0 Å². The van der Waals surface area contributed by atoms with E-state index in [4.69, 9.17) is 0 Å². The zero-order valence-electron chi connectivity index (χ0n) is 31.1. The number of anilines is 6. The van der Waals surface area contributed by atoms with Crippen molar-refractivity contribution in [3.05, 3.63) is 180 Å². The maximum absolute atomic E-state index is 2.43. The first-order chi connectivity index (χ1) is 27.6. The molecule has 4 heterocycles. The number of aromatic nitrogens is 2. The predicted octanol–water partition coefficient (Wildman–Crippen LogP) is 14.0. The van der Waals surface area contributed by atoms with Crippen molar-refractivity contribution in [2.45, 2.75) is 0 Å². The van der Waals surface area contributed by atoms with Crippen molar-refractivity contribution < 1.29 is 0 Å². The van der Waals surface area contributed by atoms with Crippen molar-refractivity contribution in [3.63, 3.8) is 0 Å². The number of rotatable bonds is 2. The van der Waals surface area contributed by atoms with Gasteiger partial charge in [-0.25, -0.2) is 0 Å². The normalized spacial score (nSPS) is 13.3. The quantitative estimate of drug-likeness (QED) is 0.177. The highest BCUT2D eigenvalue weighted by atomic mass is 15.2. The second-order valence-corrected chi connectivity index (χ2v) is 15.1. The first-order valence-corrected chi connectivity index (χ1v) is 19.3. The van der Waals surface area contributed by atoms with Crippen LogP contribution in [0, 0.1) is 0 Å². The zero-order valence-corrected chi connectivity index (χ0v) is 31.1. The van der Waals surface area contributed by atoms with Crippen molar-refractivity contribution in [3.8, 4) is 0 Å². The van der Waals surface area contributed by atoms with E-state index in [0.29, 0.717) is 0 Å². The van der Waals surface area contributed by atoms with Gasteiger partial charge in [-0.05, 0) is 81.6 Å². The largest absolute Gasteiger partial charge is 0.342 e. The van der Waals surface area contributed by atoms with Gasteiger partial charge in [0.2, 0.25) is 0 Å². The molecule has 56 heavy (non-hydrogen) atoms. The summed E-state index contributed by atoms with van der Waals surface area (Å²) in [6.07, 6.45) is 8.94. The van der Waals surface area contributed by atoms with Gasteiger partial charge in [-0.2, -0.15) is 0 Å².